The molecule has 0 unspecified atom stereocenters. The molecule has 11 rings (SSSR count). The molecule has 0 saturated carbocycles. The second-order valence-corrected chi connectivity index (χ2v) is 14.6. The van der Waals surface area contributed by atoms with Crippen molar-refractivity contribution in [2.45, 2.75) is 0 Å². The van der Waals surface area contributed by atoms with Gasteiger partial charge in [0.15, 0.2) is 0 Å². The number of rotatable bonds is 6. The van der Waals surface area contributed by atoms with Crippen LogP contribution >= 0.6 is 0 Å². The first-order chi connectivity index (χ1) is 27.8. The van der Waals surface area contributed by atoms with Gasteiger partial charge in [0, 0.05) is 32.9 Å². The normalized spacial score (nSPS) is 11.6. The Morgan fingerprint density at radius 1 is 0.196 bits per heavy atom. The lowest BCUT2D eigenvalue weighted by Crippen LogP contribution is -1.94. The second kappa shape index (κ2) is 13.2. The zero-order valence-corrected chi connectivity index (χ0v) is 30.7. The first-order valence-electron chi connectivity index (χ1n) is 19.3. The third-order valence-electron chi connectivity index (χ3n) is 11.3. The van der Waals surface area contributed by atoms with E-state index in [1.54, 1.807) is 0 Å². The lowest BCUT2D eigenvalue weighted by Gasteiger charge is -2.11. The molecule has 2 heterocycles. The Balaban J connectivity index is 0.993. The lowest BCUT2D eigenvalue weighted by atomic mass is 9.99. The van der Waals surface area contributed by atoms with Gasteiger partial charge in [-0.1, -0.05) is 152 Å². The van der Waals surface area contributed by atoms with Crippen molar-refractivity contribution in [1.29, 1.82) is 0 Å². The average molecular weight is 713 g/mol. The molecule has 0 atom stereocenters. The molecule has 0 aliphatic rings. The molecule has 0 radical (unpaired) electrons. The Morgan fingerprint density at radius 3 is 1.12 bits per heavy atom. The minimum absolute atomic E-state index is 1.15. The number of hydrogen-bond donors (Lipinski definition) is 0. The number of hydrogen-bond acceptors (Lipinski definition) is 0. The molecule has 0 saturated heterocycles. The second-order valence-electron chi connectivity index (χ2n) is 14.6. The van der Waals surface area contributed by atoms with Crippen molar-refractivity contribution >= 4 is 43.6 Å². The molecule has 0 amide bonds. The van der Waals surface area contributed by atoms with Gasteiger partial charge >= 0.3 is 0 Å². The number of aromatic nitrogens is 2. The van der Waals surface area contributed by atoms with Crippen LogP contribution in [0.1, 0.15) is 0 Å². The van der Waals surface area contributed by atoms with E-state index in [-0.39, 0.29) is 0 Å². The first kappa shape index (κ1) is 32.0. The molecule has 0 spiro atoms. The van der Waals surface area contributed by atoms with Crippen molar-refractivity contribution in [2.24, 2.45) is 0 Å². The Morgan fingerprint density at radius 2 is 0.571 bits per heavy atom. The summed E-state index contributed by atoms with van der Waals surface area (Å²) in [5.41, 5.74) is 16.8. The highest BCUT2D eigenvalue weighted by Crippen LogP contribution is 2.39. The number of fused-ring (bicyclic) bond motifs is 6. The minimum atomic E-state index is 1.15. The monoisotopic (exact) mass is 712 g/mol. The van der Waals surface area contributed by atoms with Gasteiger partial charge < -0.3 is 9.13 Å². The zero-order chi connectivity index (χ0) is 37.0. The number of nitrogens with zero attached hydrogens (tertiary/aromatic N) is 2. The molecule has 2 nitrogen and oxygen atoms in total. The van der Waals surface area contributed by atoms with Crippen LogP contribution in [-0.2, 0) is 0 Å². The van der Waals surface area contributed by atoms with E-state index in [2.05, 4.69) is 228 Å². The minimum Gasteiger partial charge on any atom is -0.309 e. The molecular formula is C54H36N2. The molecule has 0 aliphatic heterocycles. The summed E-state index contributed by atoms with van der Waals surface area (Å²) in [6, 6.07) is 79.4. The number of benzene rings is 9. The van der Waals surface area contributed by atoms with Gasteiger partial charge in [0.05, 0.1) is 22.1 Å². The van der Waals surface area contributed by atoms with E-state index in [9.17, 15) is 0 Å². The SMILES string of the molecule is c1ccc(-c2cccc(-c3ccc(-n4c5ccccc5c5cc(-c6ccc7c(c6)c6ccccc6n7-c6cccc(-c7ccccc7)c6)ccc54)cc3)c2)cc1. The van der Waals surface area contributed by atoms with Crippen molar-refractivity contribution in [3.8, 4) is 55.9 Å². The third-order valence-corrected chi connectivity index (χ3v) is 11.3. The maximum atomic E-state index is 2.41. The van der Waals surface area contributed by atoms with Crippen LogP contribution in [0.5, 0.6) is 0 Å². The molecule has 0 aliphatic carbocycles. The molecule has 0 bridgehead atoms. The highest BCUT2D eigenvalue weighted by atomic mass is 15.0. The maximum Gasteiger partial charge on any atom is 0.0541 e. The van der Waals surface area contributed by atoms with Crippen molar-refractivity contribution in [2.75, 3.05) is 0 Å². The summed E-state index contributed by atoms with van der Waals surface area (Å²) < 4.78 is 4.81. The molecule has 0 fully saturated rings. The van der Waals surface area contributed by atoms with Gasteiger partial charge in [-0.3, -0.25) is 0 Å². The van der Waals surface area contributed by atoms with Crippen LogP contribution in [0.25, 0.3) is 99.5 Å². The van der Waals surface area contributed by atoms with Crippen LogP contribution in [-0.4, -0.2) is 9.13 Å². The summed E-state index contributed by atoms with van der Waals surface area (Å²) >= 11 is 0. The van der Waals surface area contributed by atoms with E-state index in [0.717, 1.165) is 11.4 Å². The molecule has 11 aromatic rings. The largest absolute Gasteiger partial charge is 0.309 e. The summed E-state index contributed by atoms with van der Waals surface area (Å²) in [5.74, 6) is 0. The molecule has 2 aromatic heterocycles. The summed E-state index contributed by atoms with van der Waals surface area (Å²) in [7, 11) is 0. The number of para-hydroxylation sites is 2. The van der Waals surface area contributed by atoms with Gasteiger partial charge in [0.2, 0.25) is 0 Å². The quantitative estimate of drug-likeness (QED) is 0.162. The van der Waals surface area contributed by atoms with Crippen LogP contribution in [0, 0.1) is 0 Å². The molecule has 56 heavy (non-hydrogen) atoms. The van der Waals surface area contributed by atoms with E-state index < -0.39 is 0 Å². The van der Waals surface area contributed by atoms with Crippen LogP contribution in [0.2, 0.25) is 0 Å². The summed E-state index contributed by atoms with van der Waals surface area (Å²) in [5, 5.41) is 5.00. The smallest absolute Gasteiger partial charge is 0.0541 e. The topological polar surface area (TPSA) is 9.86 Å². The summed E-state index contributed by atoms with van der Waals surface area (Å²) in [6.45, 7) is 0. The molecule has 9 aromatic carbocycles. The van der Waals surface area contributed by atoms with Crippen molar-refractivity contribution in [1.82, 2.24) is 9.13 Å². The van der Waals surface area contributed by atoms with E-state index in [0.29, 0.717) is 0 Å². The van der Waals surface area contributed by atoms with Crippen LogP contribution in [0.4, 0.5) is 0 Å². The van der Waals surface area contributed by atoms with E-state index >= 15 is 0 Å². The third kappa shape index (κ3) is 5.34. The highest BCUT2D eigenvalue weighted by molar-refractivity contribution is 6.12. The standard InChI is InChI=1S/C54H36N2/c1-3-13-37(14-4-1)40-17-11-18-41(33-40)39-25-29-45(30-26-39)55-51-23-9-7-21-47(51)49-35-43(27-31-53(49)55)44-28-32-54-50(36-44)48-22-8-10-24-52(48)56(54)46-20-12-19-42(34-46)38-15-5-2-6-16-38/h1-36H. The lowest BCUT2D eigenvalue weighted by molar-refractivity contribution is 1.18. The van der Waals surface area contributed by atoms with Crippen molar-refractivity contribution in [3.05, 3.63) is 218 Å². The highest BCUT2D eigenvalue weighted by Gasteiger charge is 2.16. The van der Waals surface area contributed by atoms with Crippen LogP contribution in [0.15, 0.2) is 218 Å². The van der Waals surface area contributed by atoms with Gasteiger partial charge in [0.1, 0.15) is 0 Å². The Hall–Kier alpha value is -7.42. The predicted octanol–water partition coefficient (Wildman–Crippen LogP) is 14.5. The average Bonchev–Trinajstić information content (AvgIpc) is 3.79. The van der Waals surface area contributed by atoms with Gasteiger partial charge in [-0.25, -0.2) is 0 Å². The van der Waals surface area contributed by atoms with E-state index in [4.69, 9.17) is 0 Å². The van der Waals surface area contributed by atoms with Crippen molar-refractivity contribution in [3.63, 3.8) is 0 Å². The van der Waals surface area contributed by atoms with Crippen molar-refractivity contribution < 1.29 is 0 Å². The fourth-order valence-electron chi connectivity index (χ4n) is 8.63. The van der Waals surface area contributed by atoms with E-state index in [1.807, 2.05) is 0 Å². The zero-order valence-electron chi connectivity index (χ0n) is 30.7. The summed E-state index contributed by atoms with van der Waals surface area (Å²) in [4.78, 5) is 0. The maximum absolute atomic E-state index is 2.41. The predicted molar refractivity (Wildman–Crippen MR) is 237 cm³/mol. The Labute approximate surface area is 325 Å². The Kier molecular flexibility index (Phi) is 7.53. The molecular weight excluding hydrogens is 677 g/mol. The molecule has 262 valence electrons. The molecule has 0 N–H and O–H groups in total. The van der Waals surface area contributed by atoms with Gasteiger partial charge in [-0.05, 0) is 111 Å². The summed E-state index contributed by atoms with van der Waals surface area (Å²) in [6.07, 6.45) is 0. The molecule has 2 heteroatoms. The fourth-order valence-corrected chi connectivity index (χ4v) is 8.63. The van der Waals surface area contributed by atoms with E-state index in [1.165, 1.54) is 88.1 Å². The first-order valence-corrected chi connectivity index (χ1v) is 19.3. The van der Waals surface area contributed by atoms with Crippen LogP contribution < -0.4 is 0 Å². The Bertz CT molecular complexity index is 3220. The van der Waals surface area contributed by atoms with Crippen LogP contribution in [0.3, 0.4) is 0 Å². The van der Waals surface area contributed by atoms with Gasteiger partial charge in [0.25, 0.3) is 0 Å². The fraction of sp³-hybridized carbons (Fsp3) is 0. The van der Waals surface area contributed by atoms with Gasteiger partial charge in [-0.2, -0.15) is 0 Å². The van der Waals surface area contributed by atoms with Gasteiger partial charge in [-0.15, -0.1) is 0 Å².